The van der Waals surface area contributed by atoms with Crippen LogP contribution in [0.15, 0.2) is 76.7 Å². The normalized spacial score (nSPS) is 11.8. The fraction of sp³-hybridized carbons (Fsp3) is 0.0455. The number of benzene rings is 2. The van der Waals surface area contributed by atoms with Crippen molar-refractivity contribution in [3.8, 4) is 0 Å². The summed E-state index contributed by atoms with van der Waals surface area (Å²) in [6.45, 7) is 0. The molecule has 2 N–H and O–H groups in total. The molecular formula is C22H18N4O5S. The minimum Gasteiger partial charge on any atom is -0.618 e. The molecule has 0 atom stereocenters. The molecule has 0 radical (unpaired) electrons. The molecule has 0 aliphatic heterocycles. The third kappa shape index (κ3) is 3.67. The van der Waals surface area contributed by atoms with E-state index in [0.29, 0.717) is 26.3 Å². The fourth-order valence-corrected chi connectivity index (χ4v) is 4.75. The Hall–Kier alpha value is -4.18. The van der Waals surface area contributed by atoms with Crippen molar-refractivity contribution in [2.75, 3.05) is 7.05 Å². The molecule has 0 aliphatic rings. The van der Waals surface area contributed by atoms with E-state index in [9.17, 15) is 23.6 Å². The van der Waals surface area contributed by atoms with Gasteiger partial charge in [-0.3, -0.25) is 4.79 Å². The van der Waals surface area contributed by atoms with Crippen LogP contribution in [0.4, 0.5) is 0 Å². The van der Waals surface area contributed by atoms with Gasteiger partial charge >= 0.3 is 0 Å². The maximum atomic E-state index is 13.2. The van der Waals surface area contributed by atoms with E-state index in [-0.39, 0.29) is 20.9 Å². The van der Waals surface area contributed by atoms with Gasteiger partial charge in [0.1, 0.15) is 5.52 Å². The fourth-order valence-electron chi connectivity index (χ4n) is 3.28. The second kappa shape index (κ2) is 8.16. The molecule has 10 heteroatoms. The minimum atomic E-state index is -4.06. The number of sulfone groups is 1. The molecule has 0 aliphatic carbocycles. The Morgan fingerprint density at radius 1 is 1.12 bits per heavy atom. The standard InChI is InChI=1S/C22H18N4O5S/c1-23-22(27)18-7-2-3-8-21(18)32(30,31)16-10-11-17-19(24-26(29)20(17)14-16)12-9-15-6-4-5-13-25(15)28/h2-14,29H,1H3,(H,23,27)/b12-9+. The van der Waals surface area contributed by atoms with Crippen LogP contribution in [0.2, 0.25) is 0 Å². The first kappa shape index (κ1) is 21.1. The van der Waals surface area contributed by atoms with Gasteiger partial charge in [-0.25, -0.2) is 8.42 Å². The highest BCUT2D eigenvalue weighted by atomic mass is 32.2. The highest BCUT2D eigenvalue weighted by molar-refractivity contribution is 7.91. The monoisotopic (exact) mass is 450 g/mol. The van der Waals surface area contributed by atoms with Gasteiger partial charge in [0.2, 0.25) is 15.5 Å². The number of hydrogen-bond donors (Lipinski definition) is 2. The zero-order chi connectivity index (χ0) is 22.9. The number of rotatable bonds is 5. The van der Waals surface area contributed by atoms with Gasteiger partial charge < -0.3 is 15.7 Å². The molecule has 2 aromatic carbocycles. The number of nitrogens with one attached hydrogen (secondary N) is 1. The Labute approximate surface area is 183 Å². The predicted octanol–water partition coefficient (Wildman–Crippen LogP) is 2.27. The lowest BCUT2D eigenvalue weighted by Gasteiger charge is -2.10. The van der Waals surface area contributed by atoms with Crippen molar-refractivity contribution >= 4 is 38.8 Å². The number of fused-ring (bicyclic) bond motifs is 1. The number of pyridine rings is 1. The van der Waals surface area contributed by atoms with Crippen molar-refractivity contribution in [3.05, 3.63) is 89.0 Å². The molecule has 162 valence electrons. The van der Waals surface area contributed by atoms with E-state index in [1.165, 1.54) is 49.6 Å². The maximum Gasteiger partial charge on any atom is 0.252 e. The maximum absolute atomic E-state index is 13.2. The average Bonchev–Trinajstić information content (AvgIpc) is 3.13. The van der Waals surface area contributed by atoms with E-state index >= 15 is 0 Å². The molecule has 0 saturated heterocycles. The van der Waals surface area contributed by atoms with E-state index in [0.717, 1.165) is 0 Å². The predicted molar refractivity (Wildman–Crippen MR) is 117 cm³/mol. The van der Waals surface area contributed by atoms with E-state index < -0.39 is 15.7 Å². The molecule has 9 nitrogen and oxygen atoms in total. The second-order valence-electron chi connectivity index (χ2n) is 6.82. The number of amides is 1. The molecule has 2 heterocycles. The number of carbonyl (C=O) groups excluding carboxylic acids is 1. The third-order valence-corrected chi connectivity index (χ3v) is 6.70. The first-order valence-electron chi connectivity index (χ1n) is 9.47. The topological polar surface area (TPSA) is 128 Å². The van der Waals surface area contributed by atoms with Gasteiger partial charge in [0.05, 0.1) is 21.0 Å². The molecule has 0 unspecified atom stereocenters. The quantitative estimate of drug-likeness (QED) is 0.273. The second-order valence-corrected chi connectivity index (χ2v) is 8.74. The largest absolute Gasteiger partial charge is 0.618 e. The SMILES string of the molecule is CNC(=O)c1ccccc1S(=O)(=O)c1ccc2c(/C=C/c3cccc[n+]3[O-])nn(O)c2c1. The molecule has 0 fully saturated rings. The van der Waals surface area contributed by atoms with Gasteiger partial charge in [0.25, 0.3) is 5.91 Å². The highest BCUT2D eigenvalue weighted by Crippen LogP contribution is 2.28. The first-order valence-corrected chi connectivity index (χ1v) is 11.0. The van der Waals surface area contributed by atoms with Gasteiger partial charge in [-0.05, 0) is 42.5 Å². The lowest BCUT2D eigenvalue weighted by atomic mass is 10.2. The van der Waals surface area contributed by atoms with E-state index in [2.05, 4.69) is 10.4 Å². The summed E-state index contributed by atoms with van der Waals surface area (Å²) in [5.74, 6) is -0.526. The van der Waals surface area contributed by atoms with Crippen LogP contribution in [-0.2, 0) is 9.84 Å². The lowest BCUT2D eigenvalue weighted by molar-refractivity contribution is -0.607. The summed E-state index contributed by atoms with van der Waals surface area (Å²) < 4.78 is 27.2. The zero-order valence-electron chi connectivity index (χ0n) is 16.8. The highest BCUT2D eigenvalue weighted by Gasteiger charge is 2.25. The smallest absolute Gasteiger partial charge is 0.252 e. The van der Waals surface area contributed by atoms with E-state index in [1.807, 2.05) is 0 Å². The Morgan fingerprint density at radius 3 is 2.62 bits per heavy atom. The van der Waals surface area contributed by atoms with Crippen molar-refractivity contribution in [2.24, 2.45) is 0 Å². The van der Waals surface area contributed by atoms with E-state index in [4.69, 9.17) is 0 Å². The Balaban J connectivity index is 1.78. The van der Waals surface area contributed by atoms with Gasteiger partial charge in [-0.2, -0.15) is 4.73 Å². The molecule has 0 saturated carbocycles. The van der Waals surface area contributed by atoms with Crippen molar-refractivity contribution in [1.82, 2.24) is 15.3 Å². The van der Waals surface area contributed by atoms with Gasteiger partial charge in [-0.15, -0.1) is 9.94 Å². The molecule has 4 rings (SSSR count). The van der Waals surface area contributed by atoms with Gasteiger partial charge in [-0.1, -0.05) is 12.1 Å². The molecular weight excluding hydrogens is 432 g/mol. The number of hydrogen-bond acceptors (Lipinski definition) is 6. The van der Waals surface area contributed by atoms with Crippen molar-refractivity contribution < 1.29 is 23.1 Å². The molecule has 4 aromatic rings. The van der Waals surface area contributed by atoms with Crippen molar-refractivity contribution in [1.29, 1.82) is 0 Å². The summed E-state index contributed by atoms with van der Waals surface area (Å²) in [6, 6.07) is 15.0. The number of carbonyl (C=O) groups is 1. The van der Waals surface area contributed by atoms with Crippen LogP contribution in [0.25, 0.3) is 23.1 Å². The van der Waals surface area contributed by atoms with Crippen molar-refractivity contribution in [3.63, 3.8) is 0 Å². The van der Waals surface area contributed by atoms with Crippen LogP contribution in [-0.4, -0.2) is 36.5 Å². The van der Waals surface area contributed by atoms with Gasteiger partial charge in [0.15, 0.2) is 6.20 Å². The molecule has 2 aromatic heterocycles. The van der Waals surface area contributed by atoms with Crippen LogP contribution in [0.3, 0.4) is 0 Å². The molecule has 1 amide bonds. The number of aromatic nitrogens is 3. The lowest BCUT2D eigenvalue weighted by Crippen LogP contribution is -2.28. The number of nitrogens with zero attached hydrogens (tertiary/aromatic N) is 3. The summed E-state index contributed by atoms with van der Waals surface area (Å²) in [5, 5.41) is 28.9. The summed E-state index contributed by atoms with van der Waals surface area (Å²) >= 11 is 0. The summed E-state index contributed by atoms with van der Waals surface area (Å²) in [6.07, 6.45) is 4.45. The molecule has 0 bridgehead atoms. The van der Waals surface area contributed by atoms with Crippen LogP contribution in [0.1, 0.15) is 21.7 Å². The Morgan fingerprint density at radius 2 is 1.88 bits per heavy atom. The third-order valence-electron chi connectivity index (χ3n) is 4.89. The summed E-state index contributed by atoms with van der Waals surface area (Å²) in [4.78, 5) is 12.5. The molecule has 0 spiro atoms. The van der Waals surface area contributed by atoms with Crippen LogP contribution in [0, 0.1) is 5.21 Å². The Bertz CT molecular complexity index is 1470. The van der Waals surface area contributed by atoms with Crippen LogP contribution in [0.5, 0.6) is 0 Å². The minimum absolute atomic E-state index is 0.0185. The first-order chi connectivity index (χ1) is 15.3. The van der Waals surface area contributed by atoms with Crippen molar-refractivity contribution in [2.45, 2.75) is 9.79 Å². The average molecular weight is 450 g/mol. The van der Waals surface area contributed by atoms with Crippen LogP contribution >= 0.6 is 0 Å². The molecule has 32 heavy (non-hydrogen) atoms. The summed E-state index contributed by atoms with van der Waals surface area (Å²) in [5.41, 5.74) is 0.899. The van der Waals surface area contributed by atoms with Crippen LogP contribution < -0.4 is 10.0 Å². The van der Waals surface area contributed by atoms with E-state index in [1.54, 1.807) is 36.4 Å². The van der Waals surface area contributed by atoms with Gasteiger partial charge in [0, 0.05) is 30.6 Å². The zero-order valence-corrected chi connectivity index (χ0v) is 17.7. The summed E-state index contributed by atoms with van der Waals surface area (Å²) in [7, 11) is -2.64. The Kier molecular flexibility index (Phi) is 5.37.